The van der Waals surface area contributed by atoms with Crippen LogP contribution in [-0.2, 0) is 30.5 Å². The Morgan fingerprint density at radius 1 is 1.41 bits per heavy atom. The van der Waals surface area contributed by atoms with Gasteiger partial charge in [-0.15, -0.1) is 0 Å². The van der Waals surface area contributed by atoms with E-state index in [1.54, 1.807) is 22.9 Å². The van der Waals surface area contributed by atoms with E-state index in [9.17, 15) is 9.00 Å². The van der Waals surface area contributed by atoms with Gasteiger partial charge in [0.2, 0.25) is 0 Å². The first kappa shape index (κ1) is 21.4. The third-order valence-corrected chi connectivity index (χ3v) is 6.29. The molecule has 1 aromatic heterocycles. The van der Waals surface area contributed by atoms with Gasteiger partial charge in [0.1, 0.15) is 11.0 Å². The normalized spacial score (nSPS) is 17.5. The lowest BCUT2D eigenvalue weighted by molar-refractivity contribution is 0.417. The van der Waals surface area contributed by atoms with Gasteiger partial charge in [0.25, 0.3) is 5.56 Å². The van der Waals surface area contributed by atoms with Crippen LogP contribution in [0.2, 0.25) is 0 Å². The molecule has 0 saturated carbocycles. The lowest BCUT2D eigenvalue weighted by Gasteiger charge is -2.25. The average Bonchev–Trinajstić information content (AvgIpc) is 2.99. The first-order valence-corrected chi connectivity index (χ1v) is 10.4. The zero-order chi connectivity index (χ0) is 20.0. The number of nitrogens with one attached hydrogen (secondary N) is 1. The van der Waals surface area contributed by atoms with Crippen LogP contribution < -0.4 is 5.56 Å². The number of hydrogen-bond donors (Lipinski definition) is 1. The maximum atomic E-state index is 12.9. The molecule has 146 valence electrons. The summed E-state index contributed by atoms with van der Waals surface area (Å²) in [6.07, 6.45) is 10.0. The van der Waals surface area contributed by atoms with Gasteiger partial charge in [0.15, 0.2) is 0 Å². The van der Waals surface area contributed by atoms with Crippen molar-refractivity contribution in [1.82, 2.24) is 14.1 Å². The van der Waals surface area contributed by atoms with Gasteiger partial charge in [-0.3, -0.25) is 9.89 Å². The molecule has 0 spiro atoms. The van der Waals surface area contributed by atoms with Crippen LogP contribution in [0.5, 0.6) is 0 Å². The predicted octanol–water partition coefficient (Wildman–Crippen LogP) is 3.93. The zero-order valence-corrected chi connectivity index (χ0v) is 17.4. The molecular weight excluding hydrogens is 382 g/mol. The maximum Gasteiger partial charge on any atom is 0.270 e. The lowest BCUT2D eigenvalue weighted by atomic mass is 10.1. The third kappa shape index (κ3) is 5.09. The molecule has 1 aliphatic rings. The highest BCUT2D eigenvalue weighted by atomic mass is 35.5. The minimum absolute atomic E-state index is 0.0348. The summed E-state index contributed by atoms with van der Waals surface area (Å²) in [5.41, 5.74) is 2.42. The fourth-order valence-corrected chi connectivity index (χ4v) is 4.29. The first-order valence-electron chi connectivity index (χ1n) is 8.88. The van der Waals surface area contributed by atoms with Crippen molar-refractivity contribution < 1.29 is 4.21 Å². The van der Waals surface area contributed by atoms with Gasteiger partial charge in [-0.05, 0) is 31.4 Å². The smallest absolute Gasteiger partial charge is 0.270 e. The molecular formula is C20H26ClN3O2S. The second-order valence-corrected chi connectivity index (χ2v) is 8.11. The Kier molecular flexibility index (Phi) is 7.83. The van der Waals surface area contributed by atoms with Crippen LogP contribution in [0, 0.1) is 0 Å². The Morgan fingerprint density at radius 3 is 2.74 bits per heavy atom. The number of aromatic amines is 1. The molecule has 2 heterocycles. The quantitative estimate of drug-likeness (QED) is 0.663. The molecule has 5 nitrogen and oxygen atoms in total. The van der Waals surface area contributed by atoms with Crippen LogP contribution in [-0.4, -0.2) is 24.8 Å². The summed E-state index contributed by atoms with van der Waals surface area (Å²) in [6.45, 7) is 12.6. The molecule has 1 aliphatic heterocycles. The van der Waals surface area contributed by atoms with Crippen molar-refractivity contribution in [3.8, 4) is 0 Å². The Hall–Kier alpha value is -1.89. The summed E-state index contributed by atoms with van der Waals surface area (Å²) >= 11 is 6.11. The van der Waals surface area contributed by atoms with Crippen LogP contribution in [0.15, 0.2) is 63.8 Å². The van der Waals surface area contributed by atoms with Gasteiger partial charge < -0.3 is 0 Å². The van der Waals surface area contributed by atoms with E-state index < -0.39 is 11.0 Å². The molecule has 2 rings (SSSR count). The molecule has 7 heteroatoms. The molecule has 0 aromatic carbocycles. The van der Waals surface area contributed by atoms with E-state index in [-0.39, 0.29) is 5.56 Å². The predicted molar refractivity (Wildman–Crippen MR) is 114 cm³/mol. The monoisotopic (exact) mass is 407 g/mol. The number of allylic oxidation sites excluding steroid dienone is 7. The van der Waals surface area contributed by atoms with E-state index in [1.165, 1.54) is 0 Å². The largest absolute Gasteiger partial charge is 0.298 e. The number of aromatic nitrogens is 2. The topological polar surface area (TPSA) is 58.1 Å². The second-order valence-electron chi connectivity index (χ2n) is 6.14. The van der Waals surface area contributed by atoms with E-state index in [1.807, 2.05) is 30.3 Å². The number of halogens is 1. The van der Waals surface area contributed by atoms with Crippen molar-refractivity contribution in [1.29, 1.82) is 0 Å². The van der Waals surface area contributed by atoms with Crippen LogP contribution in [0.1, 0.15) is 31.5 Å². The number of rotatable bonds is 8. The molecule has 0 amide bonds. The standard InChI is InChI=1S/C20H26ClN3O2S/c1-5-9-15(6-2)13-24-20(25)18-10-11-23(14-19(18)22-24)27(26)17(8-4)12-16(21)7-3/h5-6,8-9,12,22H,1-2,7,10-11,13-14H2,3-4H3/b15-9+,16-12+,17-8+. The highest BCUT2D eigenvalue weighted by molar-refractivity contribution is 7.86. The average molecular weight is 408 g/mol. The zero-order valence-electron chi connectivity index (χ0n) is 15.8. The molecule has 1 unspecified atom stereocenters. The van der Waals surface area contributed by atoms with E-state index >= 15 is 0 Å². The fraction of sp³-hybridized carbons (Fsp3) is 0.350. The van der Waals surface area contributed by atoms with Gasteiger partial charge in [0.05, 0.1) is 23.7 Å². The molecule has 1 atom stereocenters. The van der Waals surface area contributed by atoms with Crippen LogP contribution in [0.25, 0.3) is 0 Å². The highest BCUT2D eigenvalue weighted by Gasteiger charge is 2.26. The van der Waals surface area contributed by atoms with Crippen molar-refractivity contribution >= 4 is 22.6 Å². The summed E-state index contributed by atoms with van der Waals surface area (Å²) in [5.74, 6) is 0. The molecule has 27 heavy (non-hydrogen) atoms. The maximum absolute atomic E-state index is 12.9. The van der Waals surface area contributed by atoms with Crippen molar-refractivity contribution in [3.63, 3.8) is 0 Å². The van der Waals surface area contributed by atoms with Gasteiger partial charge in [-0.1, -0.05) is 56.0 Å². The Morgan fingerprint density at radius 2 is 2.15 bits per heavy atom. The SMILES string of the molecule is C=C/C=C(\C=C)Cn1[nH]c2c(c1=O)CCN(S(=O)C(/C=C(/Cl)CC)=C/C)C2. The summed E-state index contributed by atoms with van der Waals surface area (Å²) < 4.78 is 16.3. The van der Waals surface area contributed by atoms with Crippen LogP contribution >= 0.6 is 11.6 Å². The summed E-state index contributed by atoms with van der Waals surface area (Å²) in [6, 6.07) is 0. The van der Waals surface area contributed by atoms with Crippen molar-refractivity contribution in [3.05, 3.63) is 80.7 Å². The Bertz CT molecular complexity index is 890. The second kappa shape index (κ2) is 9.88. The van der Waals surface area contributed by atoms with E-state index in [2.05, 4.69) is 18.3 Å². The summed E-state index contributed by atoms with van der Waals surface area (Å²) in [4.78, 5) is 13.3. The van der Waals surface area contributed by atoms with E-state index in [4.69, 9.17) is 11.6 Å². The third-order valence-electron chi connectivity index (χ3n) is 4.38. The number of nitrogens with zero attached hydrogens (tertiary/aromatic N) is 2. The fourth-order valence-electron chi connectivity index (χ4n) is 2.87. The molecule has 0 radical (unpaired) electrons. The molecule has 0 aliphatic carbocycles. The minimum atomic E-state index is -1.32. The molecule has 0 saturated heterocycles. The Balaban J connectivity index is 2.24. The van der Waals surface area contributed by atoms with Gasteiger partial charge in [-0.2, -0.15) is 0 Å². The van der Waals surface area contributed by atoms with E-state index in [0.717, 1.165) is 16.8 Å². The van der Waals surface area contributed by atoms with Crippen LogP contribution in [0.3, 0.4) is 0 Å². The first-order chi connectivity index (χ1) is 12.9. The molecule has 1 aromatic rings. The lowest BCUT2D eigenvalue weighted by Crippen LogP contribution is -2.34. The van der Waals surface area contributed by atoms with E-state index in [0.29, 0.717) is 42.4 Å². The highest BCUT2D eigenvalue weighted by Crippen LogP contribution is 2.22. The molecule has 1 N–H and O–H groups in total. The Labute approximate surface area is 168 Å². The van der Waals surface area contributed by atoms with Crippen molar-refractivity contribution in [2.45, 2.75) is 39.8 Å². The van der Waals surface area contributed by atoms with Crippen molar-refractivity contribution in [2.24, 2.45) is 0 Å². The van der Waals surface area contributed by atoms with Gasteiger partial charge >= 0.3 is 0 Å². The van der Waals surface area contributed by atoms with Crippen LogP contribution in [0.4, 0.5) is 0 Å². The summed E-state index contributed by atoms with van der Waals surface area (Å²) in [5, 5.41) is 3.83. The molecule has 0 fully saturated rings. The van der Waals surface area contributed by atoms with Gasteiger partial charge in [-0.25, -0.2) is 13.2 Å². The van der Waals surface area contributed by atoms with Gasteiger partial charge in [0, 0.05) is 17.1 Å². The molecule has 0 bridgehead atoms. The summed E-state index contributed by atoms with van der Waals surface area (Å²) in [7, 11) is -1.32. The number of hydrogen-bond acceptors (Lipinski definition) is 2. The number of fused-ring (bicyclic) bond motifs is 1. The van der Waals surface area contributed by atoms with Crippen molar-refractivity contribution in [2.75, 3.05) is 6.54 Å². The number of H-pyrrole nitrogens is 1. The minimum Gasteiger partial charge on any atom is -0.298 e.